The molecule has 2 amide bonds. The van der Waals surface area contributed by atoms with Crippen LogP contribution in [0.25, 0.3) is 0 Å². The Bertz CT molecular complexity index is 249. The number of halogens is 1. The van der Waals surface area contributed by atoms with Gasteiger partial charge in [0.05, 0.1) is 6.54 Å². The molecule has 0 aromatic carbocycles. The van der Waals surface area contributed by atoms with E-state index >= 15 is 0 Å². The van der Waals surface area contributed by atoms with E-state index in [-0.39, 0.29) is 30.8 Å². The number of nitrogens with zero attached hydrogens (tertiary/aromatic N) is 1. The Hall–Kier alpha value is -0.810. The molecule has 0 atom stereocenters. The molecule has 17 heavy (non-hydrogen) atoms. The van der Waals surface area contributed by atoms with Crippen molar-refractivity contribution >= 4 is 24.2 Å². The smallest absolute Gasteiger partial charge is 0.239 e. The topological polar surface area (TPSA) is 75.4 Å². The van der Waals surface area contributed by atoms with Gasteiger partial charge in [0.25, 0.3) is 0 Å². The summed E-state index contributed by atoms with van der Waals surface area (Å²) in [6.45, 7) is 1.79. The molecule has 1 heterocycles. The van der Waals surface area contributed by atoms with Crippen LogP contribution in [0.5, 0.6) is 0 Å². The Morgan fingerprint density at radius 3 is 2.71 bits per heavy atom. The van der Waals surface area contributed by atoms with Crippen LogP contribution >= 0.6 is 12.4 Å². The molecule has 0 saturated carbocycles. The Labute approximate surface area is 109 Å². The zero-order valence-corrected chi connectivity index (χ0v) is 10.9. The van der Waals surface area contributed by atoms with Gasteiger partial charge in [0.15, 0.2) is 0 Å². The second kappa shape index (κ2) is 9.24. The second-order valence-electron chi connectivity index (χ2n) is 4.12. The lowest BCUT2D eigenvalue weighted by atomic mass is 10.1. The van der Waals surface area contributed by atoms with Crippen molar-refractivity contribution in [1.29, 1.82) is 0 Å². The molecule has 1 fully saturated rings. The second-order valence-corrected chi connectivity index (χ2v) is 4.12. The van der Waals surface area contributed by atoms with Gasteiger partial charge in [0.1, 0.15) is 0 Å². The van der Waals surface area contributed by atoms with Crippen LogP contribution in [0.3, 0.4) is 0 Å². The summed E-state index contributed by atoms with van der Waals surface area (Å²) in [6.07, 6.45) is 4.78. The Kier molecular flexibility index (Phi) is 8.80. The van der Waals surface area contributed by atoms with E-state index in [4.69, 9.17) is 5.73 Å². The molecule has 100 valence electrons. The molecule has 0 aromatic rings. The van der Waals surface area contributed by atoms with Gasteiger partial charge in [0.2, 0.25) is 11.8 Å². The number of rotatable bonds is 4. The standard InChI is InChI=1S/C11H21N3O2.ClH/c12-6-7-13-10(15)9-14-8-4-2-1-3-5-11(14)16;/h1-9,12H2,(H,13,15);1H. The summed E-state index contributed by atoms with van der Waals surface area (Å²) < 4.78 is 0. The van der Waals surface area contributed by atoms with Crippen LogP contribution in [0, 0.1) is 0 Å². The largest absolute Gasteiger partial charge is 0.353 e. The Balaban J connectivity index is 0.00000256. The van der Waals surface area contributed by atoms with Crippen molar-refractivity contribution in [1.82, 2.24) is 10.2 Å². The Morgan fingerprint density at radius 2 is 2.00 bits per heavy atom. The molecule has 0 radical (unpaired) electrons. The van der Waals surface area contributed by atoms with Gasteiger partial charge >= 0.3 is 0 Å². The van der Waals surface area contributed by atoms with Gasteiger partial charge in [-0.05, 0) is 12.8 Å². The zero-order valence-electron chi connectivity index (χ0n) is 10.1. The summed E-state index contributed by atoms with van der Waals surface area (Å²) in [4.78, 5) is 24.8. The van der Waals surface area contributed by atoms with Gasteiger partial charge in [-0.1, -0.05) is 12.8 Å². The van der Waals surface area contributed by atoms with Crippen LogP contribution in [0.4, 0.5) is 0 Å². The van der Waals surface area contributed by atoms with E-state index < -0.39 is 0 Å². The summed E-state index contributed by atoms with van der Waals surface area (Å²) >= 11 is 0. The summed E-state index contributed by atoms with van der Waals surface area (Å²) in [6, 6.07) is 0. The van der Waals surface area contributed by atoms with Crippen LogP contribution < -0.4 is 11.1 Å². The highest BCUT2D eigenvalue weighted by molar-refractivity contribution is 5.85. The van der Waals surface area contributed by atoms with Gasteiger partial charge in [0, 0.05) is 26.1 Å². The fraction of sp³-hybridized carbons (Fsp3) is 0.818. The molecule has 1 aliphatic rings. The lowest BCUT2D eigenvalue weighted by Gasteiger charge is -2.24. The molecule has 0 aliphatic carbocycles. The minimum Gasteiger partial charge on any atom is -0.353 e. The van der Waals surface area contributed by atoms with Gasteiger partial charge in [-0.2, -0.15) is 0 Å². The lowest BCUT2D eigenvalue weighted by Crippen LogP contribution is -2.42. The number of hydrogen-bond donors (Lipinski definition) is 2. The van der Waals surface area contributed by atoms with E-state index in [1.54, 1.807) is 4.90 Å². The maximum absolute atomic E-state index is 11.7. The van der Waals surface area contributed by atoms with E-state index in [0.717, 1.165) is 25.7 Å². The first-order valence-electron chi connectivity index (χ1n) is 5.98. The SMILES string of the molecule is Cl.NCCNC(=O)CN1CCCCCCC1=O. The van der Waals surface area contributed by atoms with Crippen molar-refractivity contribution in [3.05, 3.63) is 0 Å². The number of likely N-dealkylation sites (tertiary alicyclic amines) is 1. The van der Waals surface area contributed by atoms with Crippen LogP contribution in [0.2, 0.25) is 0 Å². The molecule has 0 unspecified atom stereocenters. The normalized spacial score (nSPS) is 16.8. The Morgan fingerprint density at radius 1 is 1.29 bits per heavy atom. The van der Waals surface area contributed by atoms with Crippen molar-refractivity contribution in [3.63, 3.8) is 0 Å². The number of amides is 2. The number of carbonyl (C=O) groups excluding carboxylic acids is 2. The average Bonchev–Trinajstić information content (AvgIpc) is 2.26. The summed E-state index contributed by atoms with van der Waals surface area (Å²) in [5.74, 6) is -0.0121. The molecule has 1 aliphatic heterocycles. The predicted molar refractivity (Wildman–Crippen MR) is 69.0 cm³/mol. The van der Waals surface area contributed by atoms with Crippen molar-refractivity contribution in [3.8, 4) is 0 Å². The molecule has 0 bridgehead atoms. The fourth-order valence-corrected chi connectivity index (χ4v) is 1.82. The average molecular weight is 264 g/mol. The number of nitrogens with one attached hydrogen (secondary N) is 1. The third-order valence-electron chi connectivity index (χ3n) is 2.72. The monoisotopic (exact) mass is 263 g/mol. The highest BCUT2D eigenvalue weighted by Gasteiger charge is 2.17. The van der Waals surface area contributed by atoms with Crippen LogP contribution in [-0.2, 0) is 9.59 Å². The quantitative estimate of drug-likeness (QED) is 0.765. The van der Waals surface area contributed by atoms with Crippen molar-refractivity contribution < 1.29 is 9.59 Å². The van der Waals surface area contributed by atoms with Crippen molar-refractivity contribution in [2.24, 2.45) is 5.73 Å². The van der Waals surface area contributed by atoms with E-state index in [0.29, 0.717) is 26.1 Å². The van der Waals surface area contributed by atoms with E-state index in [1.165, 1.54) is 0 Å². The predicted octanol–water partition coefficient (Wildman–Crippen LogP) is 0.276. The third kappa shape index (κ3) is 6.48. The number of carbonyl (C=O) groups is 2. The molecule has 0 aromatic heterocycles. The molecule has 3 N–H and O–H groups in total. The first-order chi connectivity index (χ1) is 7.74. The van der Waals surface area contributed by atoms with Gasteiger partial charge in [-0.3, -0.25) is 9.59 Å². The van der Waals surface area contributed by atoms with Crippen LogP contribution in [0.15, 0.2) is 0 Å². The minimum absolute atomic E-state index is 0. The number of hydrogen-bond acceptors (Lipinski definition) is 3. The van der Waals surface area contributed by atoms with Gasteiger partial charge < -0.3 is 16.0 Å². The lowest BCUT2D eigenvalue weighted by molar-refractivity contribution is -0.136. The summed E-state index contributed by atoms with van der Waals surface area (Å²) in [7, 11) is 0. The molecule has 0 spiro atoms. The summed E-state index contributed by atoms with van der Waals surface area (Å²) in [5.41, 5.74) is 5.29. The molecule has 1 rings (SSSR count). The molecule has 5 nitrogen and oxygen atoms in total. The van der Waals surface area contributed by atoms with Crippen molar-refractivity contribution in [2.75, 3.05) is 26.2 Å². The van der Waals surface area contributed by atoms with Gasteiger partial charge in [-0.25, -0.2) is 0 Å². The van der Waals surface area contributed by atoms with E-state index in [9.17, 15) is 9.59 Å². The summed E-state index contributed by atoms with van der Waals surface area (Å²) in [5, 5.41) is 2.68. The fourth-order valence-electron chi connectivity index (χ4n) is 1.82. The van der Waals surface area contributed by atoms with Crippen LogP contribution in [-0.4, -0.2) is 42.9 Å². The minimum atomic E-state index is -0.112. The first kappa shape index (κ1) is 16.2. The maximum Gasteiger partial charge on any atom is 0.239 e. The van der Waals surface area contributed by atoms with Crippen LogP contribution in [0.1, 0.15) is 32.1 Å². The highest BCUT2D eigenvalue weighted by atomic mass is 35.5. The number of nitrogens with two attached hydrogens (primary N) is 1. The third-order valence-corrected chi connectivity index (χ3v) is 2.72. The highest BCUT2D eigenvalue weighted by Crippen LogP contribution is 2.11. The first-order valence-corrected chi connectivity index (χ1v) is 5.98. The molecule has 6 heteroatoms. The van der Waals surface area contributed by atoms with Crippen molar-refractivity contribution in [2.45, 2.75) is 32.1 Å². The maximum atomic E-state index is 11.7. The van der Waals surface area contributed by atoms with E-state index in [2.05, 4.69) is 5.32 Å². The molecular weight excluding hydrogens is 242 g/mol. The molecular formula is C11H22ClN3O2. The molecule has 1 saturated heterocycles. The zero-order chi connectivity index (χ0) is 11.8. The van der Waals surface area contributed by atoms with E-state index in [1.807, 2.05) is 0 Å². The van der Waals surface area contributed by atoms with Gasteiger partial charge in [-0.15, -0.1) is 12.4 Å².